The van der Waals surface area contributed by atoms with Gasteiger partial charge in [0.05, 0.1) is 0 Å². The highest BCUT2D eigenvalue weighted by molar-refractivity contribution is 6.68. The van der Waals surface area contributed by atoms with Crippen molar-refractivity contribution in [1.29, 1.82) is 0 Å². The normalized spacial score (nSPS) is 9.30. The summed E-state index contributed by atoms with van der Waals surface area (Å²) < 4.78 is 20.3. The van der Waals surface area contributed by atoms with Crippen LogP contribution in [0.1, 0.15) is 0 Å². The highest BCUT2D eigenvalue weighted by Crippen LogP contribution is 2.29. The third-order valence-corrected chi connectivity index (χ3v) is 0.600. The SMILES string of the molecule is C=C.FC(F)=CC(Cl)(Cl)Cl. The van der Waals surface area contributed by atoms with Gasteiger partial charge in [0.15, 0.2) is 0 Å². The smallest absolute Gasteiger partial charge is 0.174 e. The Balaban J connectivity index is 0. The molecule has 0 nitrogen and oxygen atoms in total. The van der Waals surface area contributed by atoms with Gasteiger partial charge in [-0.2, -0.15) is 8.78 Å². The molecular formula is C5H5Cl3F2. The fraction of sp³-hybridized carbons (Fsp3) is 0.200. The maximum absolute atomic E-state index is 11.1. The van der Waals surface area contributed by atoms with E-state index in [1.807, 2.05) is 0 Å². The zero-order valence-electron chi connectivity index (χ0n) is 4.88. The van der Waals surface area contributed by atoms with Gasteiger partial charge in [-0.3, -0.25) is 0 Å². The van der Waals surface area contributed by atoms with E-state index < -0.39 is 9.87 Å². The van der Waals surface area contributed by atoms with Gasteiger partial charge < -0.3 is 0 Å². The molecule has 10 heavy (non-hydrogen) atoms. The molecule has 0 aliphatic carbocycles. The van der Waals surface area contributed by atoms with Gasteiger partial charge in [0.2, 0.25) is 3.79 Å². The molecule has 0 aliphatic rings. The van der Waals surface area contributed by atoms with Gasteiger partial charge in [0.25, 0.3) is 6.08 Å². The summed E-state index contributed by atoms with van der Waals surface area (Å²) >= 11 is 14.7. The molecular weight excluding hydrogens is 204 g/mol. The monoisotopic (exact) mass is 208 g/mol. The average Bonchev–Trinajstić information content (AvgIpc) is 1.64. The second kappa shape index (κ2) is 5.96. The Hall–Kier alpha value is 0.210. The van der Waals surface area contributed by atoms with Crippen molar-refractivity contribution < 1.29 is 8.78 Å². The van der Waals surface area contributed by atoms with Gasteiger partial charge >= 0.3 is 0 Å². The molecule has 0 aromatic heterocycles. The summed E-state index contributed by atoms with van der Waals surface area (Å²) in [5, 5.41) is 0. The second-order valence-corrected chi connectivity index (χ2v) is 3.34. The number of allylic oxidation sites excluding steroid dienone is 1. The molecule has 0 bridgehead atoms. The van der Waals surface area contributed by atoms with Crippen LogP contribution in [0.15, 0.2) is 25.3 Å². The number of hydrogen-bond acceptors (Lipinski definition) is 0. The zero-order valence-corrected chi connectivity index (χ0v) is 7.15. The summed E-state index contributed by atoms with van der Waals surface area (Å²) in [5.41, 5.74) is 0. The van der Waals surface area contributed by atoms with Crippen molar-refractivity contribution in [3.63, 3.8) is 0 Å². The molecule has 0 aliphatic heterocycles. The van der Waals surface area contributed by atoms with E-state index >= 15 is 0 Å². The van der Waals surface area contributed by atoms with Gasteiger partial charge in [-0.25, -0.2) is 0 Å². The van der Waals surface area contributed by atoms with E-state index in [2.05, 4.69) is 13.2 Å². The molecule has 0 rings (SSSR count). The minimum absolute atomic E-state index is 0.234. The van der Waals surface area contributed by atoms with Crippen LogP contribution in [0.5, 0.6) is 0 Å². The van der Waals surface area contributed by atoms with E-state index in [1.165, 1.54) is 0 Å². The van der Waals surface area contributed by atoms with Crippen LogP contribution in [0.3, 0.4) is 0 Å². The standard InChI is InChI=1S/C3HCl3F2.C2H4/c4-3(5,6)1-2(7)8;1-2/h1H;1-2H2. The Bertz CT molecular complexity index is 113. The Morgan fingerprint density at radius 1 is 1.20 bits per heavy atom. The van der Waals surface area contributed by atoms with Crippen molar-refractivity contribution >= 4 is 34.8 Å². The van der Waals surface area contributed by atoms with Crippen LogP contribution in [0, 0.1) is 0 Å². The summed E-state index contributed by atoms with van der Waals surface area (Å²) in [6.07, 6.45) is -1.76. The van der Waals surface area contributed by atoms with E-state index in [1.54, 1.807) is 0 Å². The van der Waals surface area contributed by atoms with Crippen molar-refractivity contribution in [2.45, 2.75) is 3.79 Å². The molecule has 0 saturated carbocycles. The maximum Gasteiger partial charge on any atom is 0.270 e. The van der Waals surface area contributed by atoms with Crippen LogP contribution in [-0.2, 0) is 0 Å². The summed E-state index contributed by atoms with van der Waals surface area (Å²) in [5.74, 6) is 0. The van der Waals surface area contributed by atoms with Crippen LogP contribution < -0.4 is 0 Å². The predicted molar refractivity (Wildman–Crippen MR) is 41.8 cm³/mol. The molecule has 0 atom stereocenters. The lowest BCUT2D eigenvalue weighted by atomic mass is 10.7. The lowest BCUT2D eigenvalue weighted by molar-refractivity contribution is 0.419. The first kappa shape index (κ1) is 12.8. The second-order valence-electron chi connectivity index (χ2n) is 0.976. The molecule has 60 valence electrons. The largest absolute Gasteiger partial charge is 0.270 e. The summed E-state index contributed by atoms with van der Waals surface area (Å²) in [7, 11) is 0. The van der Waals surface area contributed by atoms with Crippen LogP contribution in [0.2, 0.25) is 0 Å². The van der Waals surface area contributed by atoms with E-state index in [-0.39, 0.29) is 6.08 Å². The molecule has 0 saturated heterocycles. The molecule has 0 radical (unpaired) electrons. The number of halogens is 5. The van der Waals surface area contributed by atoms with Crippen molar-refractivity contribution in [2.75, 3.05) is 0 Å². The molecule has 0 amide bonds. The van der Waals surface area contributed by atoms with Gasteiger partial charge in [-0.05, 0) is 0 Å². The van der Waals surface area contributed by atoms with Gasteiger partial charge in [0.1, 0.15) is 0 Å². The van der Waals surface area contributed by atoms with Crippen molar-refractivity contribution in [3.05, 3.63) is 25.3 Å². The summed E-state index contributed by atoms with van der Waals surface area (Å²) in [6.45, 7) is 6.00. The molecule has 0 fully saturated rings. The van der Waals surface area contributed by atoms with Crippen LogP contribution in [0.4, 0.5) is 8.78 Å². The topological polar surface area (TPSA) is 0 Å². The van der Waals surface area contributed by atoms with E-state index in [0.29, 0.717) is 0 Å². The molecule has 5 heteroatoms. The third-order valence-electron chi connectivity index (χ3n) is 0.273. The molecule has 0 N–H and O–H groups in total. The predicted octanol–water partition coefficient (Wildman–Crippen LogP) is 3.94. The molecule has 0 spiro atoms. The Morgan fingerprint density at radius 2 is 1.50 bits per heavy atom. The zero-order chi connectivity index (χ0) is 8.78. The van der Waals surface area contributed by atoms with Crippen molar-refractivity contribution in [1.82, 2.24) is 0 Å². The third kappa shape index (κ3) is 15.7. The van der Waals surface area contributed by atoms with Crippen LogP contribution in [-0.4, -0.2) is 3.79 Å². The highest BCUT2D eigenvalue weighted by Gasteiger charge is 2.16. The number of alkyl halides is 3. The quantitative estimate of drug-likeness (QED) is 0.419. The fourth-order valence-electron chi connectivity index (χ4n) is 0.124. The van der Waals surface area contributed by atoms with Gasteiger partial charge in [-0.1, -0.05) is 34.8 Å². The van der Waals surface area contributed by atoms with Crippen molar-refractivity contribution in [3.8, 4) is 0 Å². The summed E-state index contributed by atoms with van der Waals surface area (Å²) in [6, 6.07) is 0. The minimum Gasteiger partial charge on any atom is -0.174 e. The van der Waals surface area contributed by atoms with E-state index in [9.17, 15) is 8.78 Å². The Labute approximate surface area is 73.1 Å². The first-order valence-electron chi connectivity index (χ1n) is 2.02. The molecule has 0 heterocycles. The van der Waals surface area contributed by atoms with Crippen molar-refractivity contribution in [2.24, 2.45) is 0 Å². The lowest BCUT2D eigenvalue weighted by Crippen LogP contribution is -1.94. The first-order valence-corrected chi connectivity index (χ1v) is 3.16. The number of hydrogen-bond donors (Lipinski definition) is 0. The lowest BCUT2D eigenvalue weighted by Gasteiger charge is -1.99. The van der Waals surface area contributed by atoms with Crippen LogP contribution >= 0.6 is 34.8 Å². The summed E-state index contributed by atoms with van der Waals surface area (Å²) in [4.78, 5) is 0. The molecule has 0 aromatic rings. The fourth-order valence-corrected chi connectivity index (χ4v) is 0.371. The van der Waals surface area contributed by atoms with Gasteiger partial charge in [-0.15, -0.1) is 13.2 Å². The molecule has 0 aromatic carbocycles. The first-order chi connectivity index (χ1) is 4.42. The average molecular weight is 209 g/mol. The van der Waals surface area contributed by atoms with E-state index in [0.717, 1.165) is 0 Å². The molecule has 0 unspecified atom stereocenters. The minimum atomic E-state index is -2.00. The maximum atomic E-state index is 11.1. The van der Waals surface area contributed by atoms with Gasteiger partial charge in [0, 0.05) is 6.08 Å². The van der Waals surface area contributed by atoms with E-state index in [4.69, 9.17) is 34.8 Å². The van der Waals surface area contributed by atoms with Crippen LogP contribution in [0.25, 0.3) is 0 Å². The Kier molecular flexibility index (Phi) is 7.65. The highest BCUT2D eigenvalue weighted by atomic mass is 35.6. The number of rotatable bonds is 0. The Morgan fingerprint density at radius 3 is 1.50 bits per heavy atom.